The number of hydrogen-bond acceptors (Lipinski definition) is 4. The number of rotatable bonds is 8. The van der Waals surface area contributed by atoms with Gasteiger partial charge in [0.1, 0.15) is 6.54 Å². The van der Waals surface area contributed by atoms with Crippen molar-refractivity contribution >= 4 is 17.5 Å². The lowest BCUT2D eigenvalue weighted by molar-refractivity contribution is -0.121. The minimum atomic E-state index is -0.139. The highest BCUT2D eigenvalue weighted by atomic mass is 16.2. The summed E-state index contributed by atoms with van der Waals surface area (Å²) in [6.45, 7) is 3.99. The predicted octanol–water partition coefficient (Wildman–Crippen LogP) is 0.721. The Morgan fingerprint density at radius 2 is 2.10 bits per heavy atom. The van der Waals surface area contributed by atoms with E-state index in [2.05, 4.69) is 15.7 Å². The molecule has 2 atom stereocenters. The van der Waals surface area contributed by atoms with E-state index in [1.807, 2.05) is 13.8 Å². The predicted molar refractivity (Wildman–Crippen MR) is 81.6 cm³/mol. The summed E-state index contributed by atoms with van der Waals surface area (Å²) in [4.78, 5) is 23.2. The van der Waals surface area contributed by atoms with Gasteiger partial charge in [-0.3, -0.25) is 14.3 Å². The van der Waals surface area contributed by atoms with Crippen LogP contribution >= 0.6 is 0 Å². The molecule has 1 rings (SSSR count). The van der Waals surface area contributed by atoms with Crippen LogP contribution in [-0.4, -0.2) is 34.7 Å². The van der Waals surface area contributed by atoms with Gasteiger partial charge in [0, 0.05) is 25.2 Å². The average molecular weight is 295 g/mol. The molecule has 0 aromatic carbocycles. The maximum Gasteiger partial charge on any atom is 0.241 e. The number of carbonyl (C=O) groups is 2. The molecular weight excluding hydrogens is 270 g/mol. The monoisotopic (exact) mass is 295 g/mol. The van der Waals surface area contributed by atoms with E-state index in [4.69, 9.17) is 5.73 Å². The van der Waals surface area contributed by atoms with Gasteiger partial charge >= 0.3 is 0 Å². The number of aromatic nitrogens is 2. The van der Waals surface area contributed by atoms with E-state index in [0.29, 0.717) is 5.69 Å². The average Bonchev–Trinajstić information content (AvgIpc) is 2.85. The first kappa shape index (κ1) is 17.2. The normalized spacial score (nSPS) is 13.5. The third-order valence-electron chi connectivity index (χ3n) is 3.23. The van der Waals surface area contributed by atoms with Crippen LogP contribution in [-0.2, 0) is 16.1 Å². The molecule has 0 saturated carbocycles. The van der Waals surface area contributed by atoms with Crippen molar-refractivity contribution in [3.05, 3.63) is 12.4 Å². The SMILES string of the molecule is CNC(=O)Cn1cc(NC(=O)C(C)CCCC(C)N)cn1. The van der Waals surface area contributed by atoms with Crippen molar-refractivity contribution in [2.24, 2.45) is 11.7 Å². The fourth-order valence-corrected chi connectivity index (χ4v) is 1.88. The maximum atomic E-state index is 12.0. The number of nitrogens with two attached hydrogens (primary N) is 1. The molecule has 0 saturated heterocycles. The summed E-state index contributed by atoms with van der Waals surface area (Å²) in [6.07, 6.45) is 5.83. The van der Waals surface area contributed by atoms with Crippen LogP contribution in [0.1, 0.15) is 33.1 Å². The van der Waals surface area contributed by atoms with Crippen molar-refractivity contribution < 1.29 is 9.59 Å². The largest absolute Gasteiger partial charge is 0.358 e. The van der Waals surface area contributed by atoms with Gasteiger partial charge in [0.05, 0.1) is 11.9 Å². The van der Waals surface area contributed by atoms with Crippen LogP contribution in [0.3, 0.4) is 0 Å². The zero-order valence-electron chi connectivity index (χ0n) is 12.9. The van der Waals surface area contributed by atoms with Gasteiger partial charge in [0.25, 0.3) is 0 Å². The van der Waals surface area contributed by atoms with Crippen LogP contribution in [0.15, 0.2) is 12.4 Å². The number of nitrogens with zero attached hydrogens (tertiary/aromatic N) is 2. The number of anilines is 1. The summed E-state index contributed by atoms with van der Waals surface area (Å²) < 4.78 is 1.48. The first-order valence-corrected chi connectivity index (χ1v) is 7.21. The van der Waals surface area contributed by atoms with Crippen molar-refractivity contribution in [1.29, 1.82) is 0 Å². The molecule has 7 nitrogen and oxygen atoms in total. The molecule has 0 radical (unpaired) electrons. The lowest BCUT2D eigenvalue weighted by Gasteiger charge is -2.11. The second-order valence-electron chi connectivity index (χ2n) is 5.40. The van der Waals surface area contributed by atoms with Crippen LogP contribution in [0, 0.1) is 5.92 Å². The van der Waals surface area contributed by atoms with Crippen LogP contribution in [0.5, 0.6) is 0 Å². The topological polar surface area (TPSA) is 102 Å². The Morgan fingerprint density at radius 1 is 1.38 bits per heavy atom. The smallest absolute Gasteiger partial charge is 0.241 e. The third kappa shape index (κ3) is 6.40. The lowest BCUT2D eigenvalue weighted by atomic mass is 10.0. The number of carbonyl (C=O) groups excluding carboxylic acids is 2. The minimum Gasteiger partial charge on any atom is -0.358 e. The first-order chi connectivity index (χ1) is 9.92. The van der Waals surface area contributed by atoms with Gasteiger partial charge in [-0.1, -0.05) is 13.3 Å². The summed E-state index contributed by atoms with van der Waals surface area (Å²) in [5.41, 5.74) is 6.29. The van der Waals surface area contributed by atoms with Gasteiger partial charge in [0.2, 0.25) is 11.8 Å². The zero-order chi connectivity index (χ0) is 15.8. The fraction of sp³-hybridized carbons (Fsp3) is 0.643. The quantitative estimate of drug-likeness (QED) is 0.657. The van der Waals surface area contributed by atoms with Gasteiger partial charge < -0.3 is 16.4 Å². The molecule has 1 heterocycles. The minimum absolute atomic E-state index is 0.0424. The Labute approximate surface area is 125 Å². The van der Waals surface area contributed by atoms with Crippen LogP contribution in [0.2, 0.25) is 0 Å². The molecule has 21 heavy (non-hydrogen) atoms. The van der Waals surface area contributed by atoms with Crippen molar-refractivity contribution in [2.45, 2.75) is 45.7 Å². The molecule has 7 heteroatoms. The van der Waals surface area contributed by atoms with Crippen molar-refractivity contribution in [1.82, 2.24) is 15.1 Å². The van der Waals surface area contributed by atoms with Crippen LogP contribution in [0.25, 0.3) is 0 Å². The second kappa shape index (κ2) is 8.41. The number of amides is 2. The molecule has 0 aliphatic rings. The molecule has 0 fully saturated rings. The third-order valence-corrected chi connectivity index (χ3v) is 3.23. The summed E-state index contributed by atoms with van der Waals surface area (Å²) >= 11 is 0. The molecule has 2 amide bonds. The standard InChI is InChI=1S/C14H25N5O2/c1-10(5-4-6-11(2)15)14(21)18-12-7-17-19(8-12)9-13(20)16-3/h7-8,10-11H,4-6,9,15H2,1-3H3,(H,16,20)(H,18,21). The Bertz CT molecular complexity index is 470. The molecular formula is C14H25N5O2. The summed E-state index contributed by atoms with van der Waals surface area (Å²) in [7, 11) is 1.57. The highest BCUT2D eigenvalue weighted by molar-refractivity contribution is 5.92. The molecule has 118 valence electrons. The molecule has 2 unspecified atom stereocenters. The Hall–Kier alpha value is -1.89. The fourth-order valence-electron chi connectivity index (χ4n) is 1.88. The van der Waals surface area contributed by atoms with E-state index in [-0.39, 0.29) is 30.3 Å². The van der Waals surface area contributed by atoms with E-state index in [0.717, 1.165) is 19.3 Å². The van der Waals surface area contributed by atoms with E-state index in [9.17, 15) is 9.59 Å². The zero-order valence-corrected chi connectivity index (χ0v) is 12.9. The molecule has 0 spiro atoms. The van der Waals surface area contributed by atoms with Crippen LogP contribution < -0.4 is 16.4 Å². The summed E-state index contributed by atoms with van der Waals surface area (Å²) in [5.74, 6) is -0.259. The number of hydrogen-bond donors (Lipinski definition) is 3. The van der Waals surface area contributed by atoms with Gasteiger partial charge in [0.15, 0.2) is 0 Å². The lowest BCUT2D eigenvalue weighted by Crippen LogP contribution is -2.23. The van der Waals surface area contributed by atoms with E-state index >= 15 is 0 Å². The maximum absolute atomic E-state index is 12.0. The first-order valence-electron chi connectivity index (χ1n) is 7.21. The molecule has 0 aliphatic carbocycles. The Morgan fingerprint density at radius 3 is 2.71 bits per heavy atom. The van der Waals surface area contributed by atoms with E-state index in [1.54, 1.807) is 13.2 Å². The second-order valence-corrected chi connectivity index (χ2v) is 5.40. The Kier molecular flexibility index (Phi) is 6.87. The van der Waals surface area contributed by atoms with Crippen LogP contribution in [0.4, 0.5) is 5.69 Å². The van der Waals surface area contributed by atoms with Gasteiger partial charge in [-0.25, -0.2) is 0 Å². The van der Waals surface area contributed by atoms with E-state index in [1.165, 1.54) is 10.9 Å². The van der Waals surface area contributed by atoms with Crippen molar-refractivity contribution in [3.8, 4) is 0 Å². The highest BCUT2D eigenvalue weighted by Crippen LogP contribution is 2.13. The summed E-state index contributed by atoms with van der Waals surface area (Å²) in [5, 5.41) is 9.35. The number of nitrogens with one attached hydrogen (secondary N) is 2. The highest BCUT2D eigenvalue weighted by Gasteiger charge is 2.14. The van der Waals surface area contributed by atoms with Gasteiger partial charge in [-0.2, -0.15) is 5.10 Å². The summed E-state index contributed by atoms with van der Waals surface area (Å²) in [6, 6.07) is 0.170. The molecule has 1 aromatic heterocycles. The Balaban J connectivity index is 2.41. The van der Waals surface area contributed by atoms with Crippen molar-refractivity contribution in [2.75, 3.05) is 12.4 Å². The number of likely N-dealkylation sites (N-methyl/N-ethyl adjacent to an activating group) is 1. The van der Waals surface area contributed by atoms with Gasteiger partial charge in [-0.15, -0.1) is 0 Å². The molecule has 0 bridgehead atoms. The van der Waals surface area contributed by atoms with E-state index < -0.39 is 0 Å². The molecule has 1 aromatic rings. The van der Waals surface area contributed by atoms with Gasteiger partial charge in [-0.05, 0) is 19.8 Å². The molecule has 4 N–H and O–H groups in total. The van der Waals surface area contributed by atoms with Crippen molar-refractivity contribution in [3.63, 3.8) is 0 Å². The molecule has 0 aliphatic heterocycles.